The molecule has 1 aromatic rings. The summed E-state index contributed by atoms with van der Waals surface area (Å²) in [6.07, 6.45) is 0. The fraction of sp³-hybridized carbons (Fsp3) is 0.615. The minimum Gasteiger partial charge on any atom is -0.464 e. The standard InChI is InChI=1S/C13H21N3O3S/c1-13(2,3)16(12(18)15(4)5)7-10-14-9(8-20-10)11(17)19-6/h8H,7H2,1-6H3. The highest BCUT2D eigenvalue weighted by molar-refractivity contribution is 7.09. The van der Waals surface area contributed by atoms with E-state index in [9.17, 15) is 9.59 Å². The molecule has 20 heavy (non-hydrogen) atoms. The van der Waals surface area contributed by atoms with Gasteiger partial charge in [-0.05, 0) is 20.8 Å². The van der Waals surface area contributed by atoms with E-state index in [1.54, 1.807) is 24.4 Å². The van der Waals surface area contributed by atoms with Crippen molar-refractivity contribution < 1.29 is 14.3 Å². The molecule has 0 N–H and O–H groups in total. The molecule has 6 nitrogen and oxygen atoms in total. The summed E-state index contributed by atoms with van der Waals surface area (Å²) < 4.78 is 4.62. The summed E-state index contributed by atoms with van der Waals surface area (Å²) in [4.78, 5) is 31.1. The van der Waals surface area contributed by atoms with Crippen molar-refractivity contribution in [1.82, 2.24) is 14.8 Å². The first kappa shape index (κ1) is 16.4. The van der Waals surface area contributed by atoms with Crippen LogP contribution in [0.15, 0.2) is 5.38 Å². The third-order valence-electron chi connectivity index (χ3n) is 2.66. The largest absolute Gasteiger partial charge is 0.464 e. The van der Waals surface area contributed by atoms with Crippen LogP contribution in [0, 0.1) is 0 Å². The number of carbonyl (C=O) groups excluding carboxylic acids is 2. The number of thiazole rings is 1. The first-order valence-electron chi connectivity index (χ1n) is 6.18. The first-order valence-corrected chi connectivity index (χ1v) is 7.06. The van der Waals surface area contributed by atoms with Crippen LogP contribution < -0.4 is 0 Å². The fourth-order valence-electron chi connectivity index (χ4n) is 1.55. The molecule has 0 saturated carbocycles. The smallest absolute Gasteiger partial charge is 0.357 e. The van der Waals surface area contributed by atoms with Crippen molar-refractivity contribution in [3.05, 3.63) is 16.1 Å². The zero-order chi connectivity index (χ0) is 15.5. The Morgan fingerprint density at radius 3 is 2.40 bits per heavy atom. The van der Waals surface area contributed by atoms with Crippen molar-refractivity contribution in [3.63, 3.8) is 0 Å². The predicted octanol–water partition coefficient (Wildman–Crippen LogP) is 2.21. The molecule has 1 rings (SSSR count). The quantitative estimate of drug-likeness (QED) is 0.803. The van der Waals surface area contributed by atoms with E-state index >= 15 is 0 Å². The summed E-state index contributed by atoms with van der Waals surface area (Å²) in [6, 6.07) is -0.0904. The number of amides is 2. The van der Waals surface area contributed by atoms with Crippen molar-refractivity contribution in [2.75, 3.05) is 21.2 Å². The van der Waals surface area contributed by atoms with Gasteiger partial charge in [0.15, 0.2) is 5.69 Å². The van der Waals surface area contributed by atoms with Crippen molar-refractivity contribution in [3.8, 4) is 0 Å². The van der Waals surface area contributed by atoms with Crippen LogP contribution in [0.5, 0.6) is 0 Å². The van der Waals surface area contributed by atoms with Gasteiger partial charge < -0.3 is 14.5 Å². The maximum atomic E-state index is 12.2. The van der Waals surface area contributed by atoms with Crippen molar-refractivity contribution in [2.24, 2.45) is 0 Å². The fourth-order valence-corrected chi connectivity index (χ4v) is 2.30. The van der Waals surface area contributed by atoms with Gasteiger partial charge in [-0.2, -0.15) is 0 Å². The van der Waals surface area contributed by atoms with E-state index in [1.807, 2.05) is 20.8 Å². The van der Waals surface area contributed by atoms with Crippen LogP contribution in [0.25, 0.3) is 0 Å². The van der Waals surface area contributed by atoms with Crippen LogP contribution in [-0.4, -0.2) is 53.5 Å². The molecular formula is C13H21N3O3S. The molecule has 0 fully saturated rings. The molecule has 0 aliphatic carbocycles. The summed E-state index contributed by atoms with van der Waals surface area (Å²) >= 11 is 1.34. The number of carbonyl (C=O) groups is 2. The summed E-state index contributed by atoms with van der Waals surface area (Å²) in [5.41, 5.74) is -0.0583. The molecular weight excluding hydrogens is 278 g/mol. The molecule has 7 heteroatoms. The molecule has 0 aliphatic heterocycles. The van der Waals surface area contributed by atoms with Gasteiger partial charge >= 0.3 is 12.0 Å². The van der Waals surface area contributed by atoms with Gasteiger partial charge in [-0.1, -0.05) is 0 Å². The lowest BCUT2D eigenvalue weighted by Gasteiger charge is -2.36. The highest BCUT2D eigenvalue weighted by Gasteiger charge is 2.28. The Bertz CT molecular complexity index is 491. The number of hydrogen-bond acceptors (Lipinski definition) is 5. The summed E-state index contributed by atoms with van der Waals surface area (Å²) in [6.45, 7) is 6.25. The Morgan fingerprint density at radius 1 is 1.35 bits per heavy atom. The molecule has 0 spiro atoms. The molecule has 0 aliphatic rings. The molecule has 0 bridgehead atoms. The van der Waals surface area contributed by atoms with E-state index in [-0.39, 0.29) is 17.3 Å². The number of aromatic nitrogens is 1. The Labute approximate surface area is 123 Å². The maximum absolute atomic E-state index is 12.2. The lowest BCUT2D eigenvalue weighted by molar-refractivity contribution is 0.0594. The van der Waals surface area contributed by atoms with E-state index < -0.39 is 5.97 Å². The van der Waals surface area contributed by atoms with Gasteiger partial charge in [0.1, 0.15) is 5.01 Å². The number of hydrogen-bond donors (Lipinski definition) is 0. The van der Waals surface area contributed by atoms with Gasteiger partial charge in [-0.15, -0.1) is 11.3 Å². The van der Waals surface area contributed by atoms with Crippen LogP contribution in [0.1, 0.15) is 36.3 Å². The zero-order valence-corrected chi connectivity index (χ0v) is 13.6. The van der Waals surface area contributed by atoms with Crippen LogP contribution in [-0.2, 0) is 11.3 Å². The third kappa shape index (κ3) is 3.93. The summed E-state index contributed by atoms with van der Waals surface area (Å²) in [7, 11) is 4.74. The highest BCUT2D eigenvalue weighted by atomic mass is 32.1. The monoisotopic (exact) mass is 299 g/mol. The molecule has 1 heterocycles. The zero-order valence-electron chi connectivity index (χ0n) is 12.8. The Hall–Kier alpha value is -1.63. The Balaban J connectivity index is 2.94. The van der Waals surface area contributed by atoms with Crippen LogP contribution in [0.4, 0.5) is 4.79 Å². The average Bonchev–Trinajstić information content (AvgIpc) is 2.81. The molecule has 0 saturated heterocycles. The lowest BCUT2D eigenvalue weighted by Crippen LogP contribution is -2.49. The number of rotatable bonds is 3. The second-order valence-electron chi connectivity index (χ2n) is 5.55. The molecule has 0 unspecified atom stereocenters. The van der Waals surface area contributed by atoms with Gasteiger partial charge in [0.25, 0.3) is 0 Å². The SMILES string of the molecule is COC(=O)c1csc(CN(C(=O)N(C)C)C(C)(C)C)n1. The average molecular weight is 299 g/mol. The molecule has 0 aromatic carbocycles. The normalized spacial score (nSPS) is 11.1. The molecule has 112 valence electrons. The number of urea groups is 1. The molecule has 2 amide bonds. The predicted molar refractivity (Wildman–Crippen MR) is 77.8 cm³/mol. The van der Waals surface area contributed by atoms with Crippen molar-refractivity contribution >= 4 is 23.3 Å². The summed E-state index contributed by atoms with van der Waals surface area (Å²) in [5.74, 6) is -0.464. The van der Waals surface area contributed by atoms with Gasteiger partial charge in [-0.25, -0.2) is 14.6 Å². The second-order valence-corrected chi connectivity index (χ2v) is 6.49. The van der Waals surface area contributed by atoms with E-state index in [1.165, 1.54) is 23.3 Å². The van der Waals surface area contributed by atoms with E-state index in [4.69, 9.17) is 0 Å². The van der Waals surface area contributed by atoms with Crippen molar-refractivity contribution in [2.45, 2.75) is 32.9 Å². The van der Waals surface area contributed by atoms with Gasteiger partial charge in [0.2, 0.25) is 0 Å². The van der Waals surface area contributed by atoms with Gasteiger partial charge in [0.05, 0.1) is 13.7 Å². The van der Waals surface area contributed by atoms with Crippen molar-refractivity contribution in [1.29, 1.82) is 0 Å². The van der Waals surface area contributed by atoms with Gasteiger partial charge in [-0.3, -0.25) is 0 Å². The maximum Gasteiger partial charge on any atom is 0.357 e. The minimum absolute atomic E-state index is 0.0904. The van der Waals surface area contributed by atoms with E-state index in [0.29, 0.717) is 11.6 Å². The second kappa shape index (κ2) is 6.21. The Morgan fingerprint density at radius 2 is 1.95 bits per heavy atom. The van der Waals surface area contributed by atoms with E-state index in [2.05, 4.69) is 9.72 Å². The first-order chi connectivity index (χ1) is 9.16. The number of nitrogens with zero attached hydrogens (tertiary/aromatic N) is 3. The Kier molecular flexibility index (Phi) is 5.10. The summed E-state index contributed by atoms with van der Waals surface area (Å²) in [5, 5.41) is 2.35. The van der Waals surface area contributed by atoms with Gasteiger partial charge in [0, 0.05) is 25.0 Å². The van der Waals surface area contributed by atoms with Crippen LogP contribution in [0.3, 0.4) is 0 Å². The number of esters is 1. The molecule has 1 aromatic heterocycles. The topological polar surface area (TPSA) is 62.7 Å². The number of methoxy groups -OCH3 is 1. The lowest BCUT2D eigenvalue weighted by atomic mass is 10.1. The molecule has 0 atom stereocenters. The van der Waals surface area contributed by atoms with E-state index in [0.717, 1.165) is 0 Å². The van der Waals surface area contributed by atoms with Crippen LogP contribution >= 0.6 is 11.3 Å². The minimum atomic E-state index is -0.464. The number of ether oxygens (including phenoxy) is 1. The molecule has 0 radical (unpaired) electrons. The van der Waals surface area contributed by atoms with Crippen LogP contribution in [0.2, 0.25) is 0 Å². The third-order valence-corrected chi connectivity index (χ3v) is 3.50. The highest BCUT2D eigenvalue weighted by Crippen LogP contribution is 2.21.